The SMILES string of the molecule is Cc1nn(C2CCS(=O)(=O)C2)c2nc(C3CC3)cc(C(=O)O)c12. The largest absolute Gasteiger partial charge is 0.478 e. The second-order valence-electron chi connectivity index (χ2n) is 6.46. The molecule has 1 aliphatic carbocycles. The van der Waals surface area contributed by atoms with E-state index in [1.807, 2.05) is 0 Å². The fourth-order valence-corrected chi connectivity index (χ4v) is 5.00. The fraction of sp³-hybridized carbons (Fsp3) is 0.533. The molecule has 122 valence electrons. The number of aryl methyl sites for hydroxylation is 1. The molecule has 1 atom stereocenters. The first kappa shape index (κ1) is 14.6. The van der Waals surface area contributed by atoms with Crippen molar-refractivity contribution in [1.82, 2.24) is 14.8 Å². The molecule has 3 heterocycles. The molecule has 2 aromatic rings. The molecule has 0 radical (unpaired) electrons. The molecule has 0 bridgehead atoms. The number of fused-ring (bicyclic) bond motifs is 1. The Bertz CT molecular complexity index is 928. The van der Waals surface area contributed by atoms with Crippen LogP contribution in [-0.4, -0.2) is 45.8 Å². The van der Waals surface area contributed by atoms with Crippen LogP contribution in [0.25, 0.3) is 11.0 Å². The van der Waals surface area contributed by atoms with Gasteiger partial charge in [0.05, 0.1) is 34.2 Å². The lowest BCUT2D eigenvalue weighted by Gasteiger charge is -2.10. The van der Waals surface area contributed by atoms with Crippen molar-refractivity contribution in [3.8, 4) is 0 Å². The number of pyridine rings is 1. The van der Waals surface area contributed by atoms with Crippen LogP contribution in [0.5, 0.6) is 0 Å². The Hall–Kier alpha value is -1.96. The minimum atomic E-state index is -3.05. The van der Waals surface area contributed by atoms with Crippen molar-refractivity contribution >= 4 is 26.8 Å². The molecule has 0 spiro atoms. The molecule has 8 heteroatoms. The first-order valence-corrected chi connectivity index (χ1v) is 9.51. The lowest BCUT2D eigenvalue weighted by atomic mass is 10.1. The van der Waals surface area contributed by atoms with Gasteiger partial charge in [-0.2, -0.15) is 5.10 Å². The van der Waals surface area contributed by atoms with E-state index in [0.29, 0.717) is 29.1 Å². The first-order valence-electron chi connectivity index (χ1n) is 7.69. The molecule has 1 saturated heterocycles. The van der Waals surface area contributed by atoms with Crippen LogP contribution in [0.3, 0.4) is 0 Å². The van der Waals surface area contributed by atoms with E-state index in [-0.39, 0.29) is 23.1 Å². The number of nitrogens with zero attached hydrogens (tertiary/aromatic N) is 3. The van der Waals surface area contributed by atoms with E-state index >= 15 is 0 Å². The summed E-state index contributed by atoms with van der Waals surface area (Å²) >= 11 is 0. The third-order valence-electron chi connectivity index (χ3n) is 4.64. The molecule has 7 nitrogen and oxygen atoms in total. The van der Waals surface area contributed by atoms with Gasteiger partial charge >= 0.3 is 5.97 Å². The Morgan fingerprint density at radius 1 is 1.35 bits per heavy atom. The van der Waals surface area contributed by atoms with Crippen LogP contribution < -0.4 is 0 Å². The number of aromatic carboxylic acids is 1. The molecule has 1 saturated carbocycles. The minimum absolute atomic E-state index is 0.0426. The van der Waals surface area contributed by atoms with E-state index in [1.165, 1.54) is 0 Å². The molecular weight excluding hydrogens is 318 g/mol. The van der Waals surface area contributed by atoms with Crippen molar-refractivity contribution in [3.05, 3.63) is 23.0 Å². The Kier molecular flexibility index (Phi) is 3.03. The highest BCUT2D eigenvalue weighted by atomic mass is 32.2. The molecule has 2 fully saturated rings. The summed E-state index contributed by atoms with van der Waals surface area (Å²) in [6, 6.07) is 1.38. The highest BCUT2D eigenvalue weighted by molar-refractivity contribution is 7.91. The topological polar surface area (TPSA) is 102 Å². The normalized spacial score (nSPS) is 23.4. The molecule has 1 N–H and O–H groups in total. The molecule has 0 aromatic carbocycles. The van der Waals surface area contributed by atoms with E-state index in [2.05, 4.69) is 10.1 Å². The second kappa shape index (κ2) is 4.77. The van der Waals surface area contributed by atoms with Gasteiger partial charge in [0.2, 0.25) is 0 Å². The van der Waals surface area contributed by atoms with Gasteiger partial charge in [0.25, 0.3) is 0 Å². The van der Waals surface area contributed by atoms with Crippen LogP contribution >= 0.6 is 0 Å². The zero-order chi connectivity index (χ0) is 16.4. The molecule has 2 aliphatic rings. The number of carboxylic acids is 1. The second-order valence-corrected chi connectivity index (χ2v) is 8.69. The smallest absolute Gasteiger partial charge is 0.336 e. The van der Waals surface area contributed by atoms with Crippen molar-refractivity contribution in [2.24, 2.45) is 0 Å². The number of aromatic nitrogens is 3. The van der Waals surface area contributed by atoms with Crippen LogP contribution in [-0.2, 0) is 9.84 Å². The van der Waals surface area contributed by atoms with Crippen LogP contribution in [0.1, 0.15) is 53.0 Å². The number of hydrogen-bond donors (Lipinski definition) is 1. The lowest BCUT2D eigenvalue weighted by Crippen LogP contribution is -2.13. The zero-order valence-corrected chi connectivity index (χ0v) is 13.5. The summed E-state index contributed by atoms with van der Waals surface area (Å²) in [5, 5.41) is 14.5. The van der Waals surface area contributed by atoms with Gasteiger partial charge in [-0.1, -0.05) is 0 Å². The van der Waals surface area contributed by atoms with E-state index in [4.69, 9.17) is 0 Å². The Morgan fingerprint density at radius 2 is 2.09 bits per heavy atom. The summed E-state index contributed by atoms with van der Waals surface area (Å²) in [5.74, 6) is -0.498. The molecule has 1 unspecified atom stereocenters. The maximum Gasteiger partial charge on any atom is 0.336 e. The van der Waals surface area contributed by atoms with Crippen molar-refractivity contribution < 1.29 is 18.3 Å². The molecule has 4 rings (SSSR count). The number of rotatable bonds is 3. The van der Waals surface area contributed by atoms with E-state index in [1.54, 1.807) is 17.7 Å². The molecule has 23 heavy (non-hydrogen) atoms. The van der Waals surface area contributed by atoms with Gasteiger partial charge in [0, 0.05) is 11.6 Å². The Balaban J connectivity index is 1.94. The fourth-order valence-electron chi connectivity index (χ4n) is 3.31. The highest BCUT2D eigenvalue weighted by Crippen LogP contribution is 2.41. The summed E-state index contributed by atoms with van der Waals surface area (Å²) in [5.41, 5.74) is 2.07. The summed E-state index contributed by atoms with van der Waals surface area (Å²) in [4.78, 5) is 16.3. The molecule has 0 amide bonds. The number of hydrogen-bond acceptors (Lipinski definition) is 5. The Labute approximate surface area is 133 Å². The van der Waals surface area contributed by atoms with E-state index in [0.717, 1.165) is 18.5 Å². The minimum Gasteiger partial charge on any atom is -0.478 e. The average molecular weight is 335 g/mol. The predicted molar refractivity (Wildman–Crippen MR) is 83.5 cm³/mol. The van der Waals surface area contributed by atoms with Gasteiger partial charge in [-0.25, -0.2) is 22.9 Å². The van der Waals surface area contributed by atoms with Crippen LogP contribution in [0.2, 0.25) is 0 Å². The predicted octanol–water partition coefficient (Wildman–Crippen LogP) is 1.67. The average Bonchev–Trinajstić information content (AvgIpc) is 3.20. The highest BCUT2D eigenvalue weighted by Gasteiger charge is 2.33. The van der Waals surface area contributed by atoms with Crippen LogP contribution in [0.15, 0.2) is 6.07 Å². The molecule has 2 aromatic heterocycles. The van der Waals surface area contributed by atoms with Crippen molar-refractivity contribution in [2.75, 3.05) is 11.5 Å². The Morgan fingerprint density at radius 3 is 2.65 bits per heavy atom. The maximum atomic E-state index is 11.8. The van der Waals surface area contributed by atoms with Crippen molar-refractivity contribution in [1.29, 1.82) is 0 Å². The third-order valence-corrected chi connectivity index (χ3v) is 6.39. The van der Waals surface area contributed by atoms with Crippen LogP contribution in [0.4, 0.5) is 0 Å². The number of carboxylic acid groups (broad SMARTS) is 1. The zero-order valence-electron chi connectivity index (χ0n) is 12.7. The maximum absolute atomic E-state index is 11.8. The van der Waals surface area contributed by atoms with Gasteiger partial charge < -0.3 is 5.11 Å². The lowest BCUT2D eigenvalue weighted by molar-refractivity contribution is 0.0698. The van der Waals surface area contributed by atoms with Crippen molar-refractivity contribution in [3.63, 3.8) is 0 Å². The first-order chi connectivity index (χ1) is 10.9. The van der Waals surface area contributed by atoms with Gasteiger partial charge in [-0.15, -0.1) is 0 Å². The van der Waals surface area contributed by atoms with Gasteiger partial charge in [-0.3, -0.25) is 0 Å². The third kappa shape index (κ3) is 2.41. The number of carbonyl (C=O) groups is 1. The quantitative estimate of drug-likeness (QED) is 0.915. The molecular formula is C15H17N3O4S. The van der Waals surface area contributed by atoms with Crippen LogP contribution in [0, 0.1) is 6.92 Å². The van der Waals surface area contributed by atoms with E-state index < -0.39 is 15.8 Å². The summed E-state index contributed by atoms with van der Waals surface area (Å²) in [7, 11) is -3.05. The summed E-state index contributed by atoms with van der Waals surface area (Å²) < 4.78 is 25.2. The van der Waals surface area contributed by atoms with E-state index in [9.17, 15) is 18.3 Å². The monoisotopic (exact) mass is 335 g/mol. The van der Waals surface area contributed by atoms with Gasteiger partial charge in [0.1, 0.15) is 0 Å². The molecule has 1 aliphatic heterocycles. The standard InChI is InChI=1S/C15H17N3O4S/c1-8-13-11(15(19)20)6-12(9-2-3-9)16-14(13)18(17-8)10-4-5-23(21,22)7-10/h6,9-10H,2-5,7H2,1H3,(H,19,20). The summed E-state index contributed by atoms with van der Waals surface area (Å²) in [6.07, 6.45) is 2.53. The summed E-state index contributed by atoms with van der Waals surface area (Å²) in [6.45, 7) is 1.74. The van der Waals surface area contributed by atoms with Gasteiger partial charge in [-0.05, 0) is 32.3 Å². The van der Waals surface area contributed by atoms with Crippen molar-refractivity contribution in [2.45, 2.75) is 38.1 Å². The van der Waals surface area contributed by atoms with Gasteiger partial charge in [0.15, 0.2) is 15.5 Å². The number of sulfone groups is 1.